The Bertz CT molecular complexity index is 847. The van der Waals surface area contributed by atoms with Gasteiger partial charge in [-0.3, -0.25) is 0 Å². The van der Waals surface area contributed by atoms with Crippen molar-refractivity contribution < 1.29 is 4.74 Å². The first-order chi connectivity index (χ1) is 10.8. The second-order valence-corrected chi connectivity index (χ2v) is 5.61. The minimum atomic E-state index is 0.560. The Morgan fingerprint density at radius 1 is 1.27 bits per heavy atom. The summed E-state index contributed by atoms with van der Waals surface area (Å²) in [4.78, 5) is 18.5. The predicted molar refractivity (Wildman–Crippen MR) is 84.4 cm³/mol. The molecule has 112 valence electrons. The van der Waals surface area contributed by atoms with E-state index in [9.17, 15) is 0 Å². The van der Waals surface area contributed by atoms with Crippen LogP contribution >= 0.6 is 11.6 Å². The molecule has 1 aliphatic rings. The molecular weight excluding hydrogens is 302 g/mol. The fraction of sp³-hybridized carbons (Fsp3) is 0.267. The molecule has 0 aliphatic carbocycles. The predicted octanol–water partition coefficient (Wildman–Crippen LogP) is 2.58. The number of ether oxygens (including phenoxy) is 1. The quantitative estimate of drug-likeness (QED) is 0.787. The van der Waals surface area contributed by atoms with Crippen LogP contribution in [0.2, 0.25) is 5.02 Å². The van der Waals surface area contributed by atoms with E-state index >= 15 is 0 Å². The molecule has 1 aliphatic heterocycles. The lowest BCUT2D eigenvalue weighted by molar-refractivity contribution is 0.415. The zero-order valence-electron chi connectivity index (χ0n) is 12.0. The van der Waals surface area contributed by atoms with Gasteiger partial charge in [0.1, 0.15) is 17.9 Å². The van der Waals surface area contributed by atoms with Crippen LogP contribution in [0.3, 0.4) is 0 Å². The van der Waals surface area contributed by atoms with E-state index in [-0.39, 0.29) is 0 Å². The van der Waals surface area contributed by atoms with Crippen LogP contribution in [-0.2, 0) is 13.0 Å². The summed E-state index contributed by atoms with van der Waals surface area (Å²) >= 11 is 6.26. The first-order valence-corrected chi connectivity index (χ1v) is 7.38. The molecule has 1 N–H and O–H groups in total. The van der Waals surface area contributed by atoms with Crippen LogP contribution in [0, 0.1) is 0 Å². The van der Waals surface area contributed by atoms with Gasteiger partial charge >= 0.3 is 0 Å². The first kappa shape index (κ1) is 13.3. The summed E-state index contributed by atoms with van der Waals surface area (Å²) < 4.78 is 5.26. The Labute approximate surface area is 132 Å². The number of H-pyrrole nitrogens is 1. The van der Waals surface area contributed by atoms with Gasteiger partial charge in [0.25, 0.3) is 0 Å². The monoisotopic (exact) mass is 315 g/mol. The van der Waals surface area contributed by atoms with Gasteiger partial charge in [-0.1, -0.05) is 11.6 Å². The van der Waals surface area contributed by atoms with Crippen LogP contribution < -0.4 is 9.64 Å². The zero-order chi connectivity index (χ0) is 15.1. The number of halogens is 1. The summed E-state index contributed by atoms with van der Waals surface area (Å²) in [5, 5.41) is 1.49. The number of aromatic nitrogens is 4. The summed E-state index contributed by atoms with van der Waals surface area (Å²) in [6.45, 7) is 1.62. The second-order valence-electron chi connectivity index (χ2n) is 5.20. The van der Waals surface area contributed by atoms with E-state index in [1.54, 1.807) is 19.8 Å². The fourth-order valence-corrected chi connectivity index (χ4v) is 3.09. The van der Waals surface area contributed by atoms with Crippen molar-refractivity contribution in [2.45, 2.75) is 13.0 Å². The van der Waals surface area contributed by atoms with Crippen molar-refractivity contribution in [3.05, 3.63) is 41.2 Å². The highest BCUT2D eigenvalue weighted by Crippen LogP contribution is 2.34. The third kappa shape index (κ3) is 2.07. The summed E-state index contributed by atoms with van der Waals surface area (Å²) in [6.07, 6.45) is 4.22. The van der Waals surface area contributed by atoms with Crippen LogP contribution in [0.15, 0.2) is 24.8 Å². The number of imidazole rings is 1. The lowest BCUT2D eigenvalue weighted by Crippen LogP contribution is -2.31. The third-order valence-electron chi connectivity index (χ3n) is 3.96. The van der Waals surface area contributed by atoms with Gasteiger partial charge < -0.3 is 14.6 Å². The first-order valence-electron chi connectivity index (χ1n) is 7.00. The largest absolute Gasteiger partial charge is 0.495 e. The summed E-state index contributed by atoms with van der Waals surface area (Å²) in [7, 11) is 1.60. The van der Waals surface area contributed by atoms with E-state index in [2.05, 4.69) is 24.8 Å². The van der Waals surface area contributed by atoms with Gasteiger partial charge in [-0.15, -0.1) is 0 Å². The SMILES string of the molecule is COc1cc2ncnc(N3CCc4nc[nH]c4C3)c2cc1Cl. The lowest BCUT2D eigenvalue weighted by atomic mass is 10.1. The molecule has 0 atom stereocenters. The Morgan fingerprint density at radius 3 is 3.05 bits per heavy atom. The van der Waals surface area contributed by atoms with Gasteiger partial charge in [-0.05, 0) is 6.07 Å². The van der Waals surface area contributed by atoms with Crippen molar-refractivity contribution in [3.8, 4) is 5.75 Å². The number of rotatable bonds is 2. The van der Waals surface area contributed by atoms with Gasteiger partial charge in [0.05, 0.1) is 41.9 Å². The number of aromatic amines is 1. The Balaban J connectivity index is 1.81. The molecule has 0 saturated heterocycles. The molecule has 1 aromatic carbocycles. The molecule has 0 radical (unpaired) electrons. The molecule has 3 aromatic rings. The second kappa shape index (κ2) is 5.14. The van der Waals surface area contributed by atoms with Gasteiger partial charge in [0.2, 0.25) is 0 Å². The van der Waals surface area contributed by atoms with Crippen LogP contribution in [0.1, 0.15) is 11.4 Å². The van der Waals surface area contributed by atoms with Crippen molar-refractivity contribution >= 4 is 28.3 Å². The molecule has 0 saturated carbocycles. The standard InChI is InChI=1S/C15H14ClN5O/c1-22-14-5-12-9(4-10(14)16)15(20-8-18-12)21-3-2-11-13(6-21)19-7-17-11/h4-5,7-8H,2-3,6H2,1H3,(H,17,19). The Kier molecular flexibility index (Phi) is 3.11. The minimum absolute atomic E-state index is 0.560. The van der Waals surface area contributed by atoms with E-state index in [0.717, 1.165) is 47.6 Å². The zero-order valence-corrected chi connectivity index (χ0v) is 12.8. The number of hydrogen-bond acceptors (Lipinski definition) is 5. The minimum Gasteiger partial charge on any atom is -0.495 e. The normalized spacial score (nSPS) is 14.2. The van der Waals surface area contributed by atoms with Crippen molar-refractivity contribution in [1.82, 2.24) is 19.9 Å². The fourth-order valence-electron chi connectivity index (χ4n) is 2.85. The van der Waals surface area contributed by atoms with E-state index in [0.29, 0.717) is 10.8 Å². The van der Waals surface area contributed by atoms with E-state index in [4.69, 9.17) is 16.3 Å². The molecule has 0 fully saturated rings. The summed E-state index contributed by atoms with van der Waals surface area (Å²) in [6, 6.07) is 3.71. The van der Waals surface area contributed by atoms with Crippen molar-refractivity contribution in [2.75, 3.05) is 18.6 Å². The van der Waals surface area contributed by atoms with Gasteiger partial charge in [0, 0.05) is 24.4 Å². The highest BCUT2D eigenvalue weighted by Gasteiger charge is 2.21. The van der Waals surface area contributed by atoms with E-state index < -0.39 is 0 Å². The number of benzene rings is 1. The van der Waals surface area contributed by atoms with E-state index in [1.807, 2.05) is 12.1 Å². The maximum absolute atomic E-state index is 6.26. The number of hydrogen-bond donors (Lipinski definition) is 1. The number of fused-ring (bicyclic) bond motifs is 2. The Hall–Kier alpha value is -2.34. The summed E-state index contributed by atoms with van der Waals surface area (Å²) in [5.74, 6) is 1.50. The highest BCUT2D eigenvalue weighted by molar-refractivity contribution is 6.33. The molecule has 2 aromatic heterocycles. The average Bonchev–Trinajstić information content (AvgIpc) is 3.01. The number of methoxy groups -OCH3 is 1. The lowest BCUT2D eigenvalue weighted by Gasteiger charge is -2.28. The molecule has 22 heavy (non-hydrogen) atoms. The van der Waals surface area contributed by atoms with Crippen LogP contribution in [-0.4, -0.2) is 33.6 Å². The molecule has 7 heteroatoms. The Morgan fingerprint density at radius 2 is 2.18 bits per heavy atom. The van der Waals surface area contributed by atoms with Crippen molar-refractivity contribution in [2.24, 2.45) is 0 Å². The van der Waals surface area contributed by atoms with Crippen LogP contribution in [0.4, 0.5) is 5.82 Å². The molecule has 3 heterocycles. The number of anilines is 1. The molecular formula is C15H14ClN5O. The van der Waals surface area contributed by atoms with Crippen LogP contribution in [0.25, 0.3) is 10.9 Å². The highest BCUT2D eigenvalue weighted by atomic mass is 35.5. The average molecular weight is 316 g/mol. The third-order valence-corrected chi connectivity index (χ3v) is 4.26. The molecule has 6 nitrogen and oxygen atoms in total. The van der Waals surface area contributed by atoms with Gasteiger partial charge in [0.15, 0.2) is 0 Å². The van der Waals surface area contributed by atoms with Gasteiger partial charge in [-0.2, -0.15) is 0 Å². The van der Waals surface area contributed by atoms with Crippen molar-refractivity contribution in [1.29, 1.82) is 0 Å². The number of nitrogens with zero attached hydrogens (tertiary/aromatic N) is 4. The molecule has 0 spiro atoms. The maximum Gasteiger partial charge on any atom is 0.140 e. The number of nitrogens with one attached hydrogen (secondary N) is 1. The summed E-state index contributed by atoms with van der Waals surface area (Å²) in [5.41, 5.74) is 3.09. The van der Waals surface area contributed by atoms with Crippen molar-refractivity contribution in [3.63, 3.8) is 0 Å². The molecule has 0 amide bonds. The smallest absolute Gasteiger partial charge is 0.140 e. The maximum atomic E-state index is 6.26. The molecule has 0 bridgehead atoms. The van der Waals surface area contributed by atoms with Crippen LogP contribution in [0.5, 0.6) is 5.75 Å². The van der Waals surface area contributed by atoms with E-state index in [1.165, 1.54) is 0 Å². The molecule has 4 rings (SSSR count). The van der Waals surface area contributed by atoms with Gasteiger partial charge in [-0.25, -0.2) is 15.0 Å². The molecule has 0 unspecified atom stereocenters. The topological polar surface area (TPSA) is 66.9 Å².